The Balaban J connectivity index is 2.27. The number of thiazole rings is 1. The van der Waals surface area contributed by atoms with Gasteiger partial charge in [-0.25, -0.2) is 13.4 Å². The fraction of sp³-hybridized carbons (Fsp3) is 0.769. The van der Waals surface area contributed by atoms with Crippen molar-refractivity contribution in [2.24, 2.45) is 5.73 Å². The molecule has 1 aliphatic heterocycles. The van der Waals surface area contributed by atoms with Crippen LogP contribution in [0.4, 0.5) is 5.13 Å². The summed E-state index contributed by atoms with van der Waals surface area (Å²) in [5.41, 5.74) is 6.78. The summed E-state index contributed by atoms with van der Waals surface area (Å²) in [6.07, 6.45) is 0.682. The number of aromatic nitrogens is 1. The molecule has 5 nitrogen and oxygen atoms in total. The summed E-state index contributed by atoms with van der Waals surface area (Å²) in [7, 11) is -0.948. The van der Waals surface area contributed by atoms with E-state index in [2.05, 4.69) is 20.8 Å². The predicted octanol–water partition coefficient (Wildman–Crippen LogP) is 1.52. The molecule has 0 radical (unpaired) electrons. The minimum atomic E-state index is -2.88. The van der Waals surface area contributed by atoms with Crippen molar-refractivity contribution in [3.8, 4) is 0 Å². The quantitative estimate of drug-likeness (QED) is 0.915. The fourth-order valence-electron chi connectivity index (χ4n) is 2.45. The normalized spacial score (nSPS) is 22.1. The second-order valence-electron chi connectivity index (χ2n) is 6.39. The molecule has 0 aliphatic carbocycles. The number of hydrogen-bond donors (Lipinski definition) is 1. The van der Waals surface area contributed by atoms with Crippen LogP contribution in [0.15, 0.2) is 0 Å². The topological polar surface area (TPSA) is 76.3 Å². The molecule has 114 valence electrons. The van der Waals surface area contributed by atoms with Crippen LogP contribution in [0.5, 0.6) is 0 Å². The molecule has 0 aromatic carbocycles. The van der Waals surface area contributed by atoms with Crippen molar-refractivity contribution in [3.63, 3.8) is 0 Å². The summed E-state index contributed by atoms with van der Waals surface area (Å²) in [5.74, 6) is 0.509. The molecule has 0 bridgehead atoms. The van der Waals surface area contributed by atoms with Gasteiger partial charge in [0, 0.05) is 29.9 Å². The zero-order chi connectivity index (χ0) is 15.1. The van der Waals surface area contributed by atoms with Crippen LogP contribution in [0.2, 0.25) is 0 Å². The van der Waals surface area contributed by atoms with Crippen LogP contribution in [0.1, 0.15) is 37.8 Å². The molecule has 0 saturated carbocycles. The van der Waals surface area contributed by atoms with Gasteiger partial charge in [-0.05, 0) is 6.42 Å². The van der Waals surface area contributed by atoms with E-state index < -0.39 is 9.84 Å². The highest BCUT2D eigenvalue weighted by atomic mass is 32.2. The molecule has 1 aliphatic rings. The second kappa shape index (κ2) is 5.27. The summed E-state index contributed by atoms with van der Waals surface area (Å²) >= 11 is 1.58. The van der Waals surface area contributed by atoms with Crippen LogP contribution in [0.25, 0.3) is 0 Å². The first kappa shape index (κ1) is 15.7. The van der Waals surface area contributed by atoms with Crippen molar-refractivity contribution < 1.29 is 8.42 Å². The van der Waals surface area contributed by atoms with Crippen molar-refractivity contribution in [1.29, 1.82) is 0 Å². The van der Waals surface area contributed by atoms with Crippen LogP contribution in [0, 0.1) is 0 Å². The molecule has 20 heavy (non-hydrogen) atoms. The third-order valence-corrected chi connectivity index (χ3v) is 6.56. The van der Waals surface area contributed by atoms with Gasteiger partial charge in [-0.3, -0.25) is 0 Å². The lowest BCUT2D eigenvalue weighted by atomic mass is 9.91. The van der Waals surface area contributed by atoms with Crippen LogP contribution < -0.4 is 10.6 Å². The molecule has 2 rings (SSSR count). The van der Waals surface area contributed by atoms with Crippen molar-refractivity contribution in [3.05, 3.63) is 10.6 Å². The maximum absolute atomic E-state index is 11.6. The minimum Gasteiger partial charge on any atom is -0.347 e. The third kappa shape index (κ3) is 3.15. The van der Waals surface area contributed by atoms with E-state index in [9.17, 15) is 8.42 Å². The Morgan fingerprint density at radius 1 is 1.45 bits per heavy atom. The molecule has 2 N–H and O–H groups in total. The molecule has 2 heterocycles. The number of sulfone groups is 1. The van der Waals surface area contributed by atoms with Gasteiger partial charge < -0.3 is 10.6 Å². The van der Waals surface area contributed by atoms with Gasteiger partial charge in [-0.2, -0.15) is 0 Å². The Kier molecular flexibility index (Phi) is 4.15. The first-order valence-corrected chi connectivity index (χ1v) is 9.41. The third-order valence-electron chi connectivity index (χ3n) is 3.64. The van der Waals surface area contributed by atoms with Crippen molar-refractivity contribution in [2.45, 2.75) is 45.2 Å². The van der Waals surface area contributed by atoms with Gasteiger partial charge >= 0.3 is 0 Å². The average molecular weight is 317 g/mol. The molecule has 0 spiro atoms. The Bertz CT molecular complexity index is 587. The zero-order valence-electron chi connectivity index (χ0n) is 12.5. The lowest BCUT2D eigenvalue weighted by Crippen LogP contribution is -2.32. The van der Waals surface area contributed by atoms with E-state index in [1.807, 2.05) is 11.9 Å². The smallest absolute Gasteiger partial charge is 0.185 e. The summed E-state index contributed by atoms with van der Waals surface area (Å²) in [6.45, 7) is 6.82. The Hall–Kier alpha value is -0.660. The van der Waals surface area contributed by atoms with Crippen LogP contribution in [-0.4, -0.2) is 38.0 Å². The highest BCUT2D eigenvalue weighted by Gasteiger charge is 2.33. The molecule has 1 aromatic rings. The SMILES string of the molecule is CN(c1nc(C(C)(C)C)c(CN)s1)C1CCS(=O)(=O)C1. The number of rotatable bonds is 3. The van der Waals surface area contributed by atoms with Crippen molar-refractivity contribution in [1.82, 2.24) is 4.98 Å². The van der Waals surface area contributed by atoms with Crippen molar-refractivity contribution >= 4 is 26.3 Å². The Morgan fingerprint density at radius 3 is 2.50 bits per heavy atom. The largest absolute Gasteiger partial charge is 0.347 e. The molecule has 1 unspecified atom stereocenters. The Labute approximate surface area is 125 Å². The number of nitrogens with two attached hydrogens (primary N) is 1. The fourth-order valence-corrected chi connectivity index (χ4v) is 5.41. The molecular weight excluding hydrogens is 294 g/mol. The van der Waals surface area contributed by atoms with E-state index >= 15 is 0 Å². The van der Waals surface area contributed by atoms with E-state index in [0.717, 1.165) is 15.7 Å². The maximum Gasteiger partial charge on any atom is 0.185 e. The van der Waals surface area contributed by atoms with Crippen LogP contribution in [0.3, 0.4) is 0 Å². The van der Waals surface area contributed by atoms with Gasteiger partial charge in [-0.15, -0.1) is 11.3 Å². The van der Waals surface area contributed by atoms with Gasteiger partial charge in [0.1, 0.15) is 0 Å². The highest BCUT2D eigenvalue weighted by molar-refractivity contribution is 7.91. The van der Waals surface area contributed by atoms with Gasteiger partial charge in [-0.1, -0.05) is 20.8 Å². The summed E-state index contributed by atoms with van der Waals surface area (Å²) in [6, 6.07) is 0.0320. The molecule has 1 saturated heterocycles. The van der Waals surface area contributed by atoms with Gasteiger partial charge in [0.05, 0.1) is 17.2 Å². The lowest BCUT2D eigenvalue weighted by molar-refractivity contribution is 0.564. The summed E-state index contributed by atoms with van der Waals surface area (Å²) in [4.78, 5) is 7.80. The molecule has 1 aromatic heterocycles. The van der Waals surface area contributed by atoms with Crippen LogP contribution in [-0.2, 0) is 21.8 Å². The first-order chi connectivity index (χ1) is 9.14. The van der Waals surface area contributed by atoms with E-state index in [4.69, 9.17) is 10.7 Å². The number of anilines is 1. The monoisotopic (exact) mass is 317 g/mol. The highest BCUT2D eigenvalue weighted by Crippen LogP contribution is 2.34. The molecule has 1 atom stereocenters. The molecule has 0 amide bonds. The standard InChI is InChI=1S/C13H23N3O2S2/c1-13(2,3)11-10(7-14)19-12(15-11)16(4)9-5-6-20(17,18)8-9/h9H,5-8,14H2,1-4H3. The second-order valence-corrected chi connectivity index (χ2v) is 9.68. The van der Waals surface area contributed by atoms with Crippen molar-refractivity contribution in [2.75, 3.05) is 23.5 Å². The van der Waals surface area contributed by atoms with Gasteiger partial charge in [0.15, 0.2) is 15.0 Å². The summed E-state index contributed by atoms with van der Waals surface area (Å²) < 4.78 is 23.2. The van der Waals surface area contributed by atoms with Crippen LogP contribution >= 0.6 is 11.3 Å². The predicted molar refractivity (Wildman–Crippen MR) is 84.2 cm³/mol. The maximum atomic E-state index is 11.6. The molecule has 1 fully saturated rings. The lowest BCUT2D eigenvalue weighted by Gasteiger charge is -2.22. The van der Waals surface area contributed by atoms with E-state index in [1.165, 1.54) is 0 Å². The molecule has 7 heteroatoms. The van der Waals surface area contributed by atoms with E-state index in [-0.39, 0.29) is 23.0 Å². The number of nitrogens with zero attached hydrogens (tertiary/aromatic N) is 2. The minimum absolute atomic E-state index is 0.0320. The van der Waals surface area contributed by atoms with Gasteiger partial charge in [0.2, 0.25) is 0 Å². The average Bonchev–Trinajstić information content (AvgIpc) is 2.90. The van der Waals surface area contributed by atoms with E-state index in [0.29, 0.717) is 13.0 Å². The number of hydrogen-bond acceptors (Lipinski definition) is 6. The Morgan fingerprint density at radius 2 is 2.10 bits per heavy atom. The van der Waals surface area contributed by atoms with E-state index in [1.54, 1.807) is 11.3 Å². The molecular formula is C13H23N3O2S2. The first-order valence-electron chi connectivity index (χ1n) is 6.77. The zero-order valence-corrected chi connectivity index (χ0v) is 14.1. The summed E-state index contributed by atoms with van der Waals surface area (Å²) in [5, 5.41) is 0.873. The van der Waals surface area contributed by atoms with Gasteiger partial charge in [0.25, 0.3) is 0 Å².